The van der Waals surface area contributed by atoms with Crippen molar-refractivity contribution in [3.8, 4) is 22.9 Å². The van der Waals surface area contributed by atoms with E-state index in [0.717, 1.165) is 25.3 Å². The number of aryl methyl sites for hydroxylation is 1. The van der Waals surface area contributed by atoms with Crippen LogP contribution >= 0.6 is 22.9 Å². The smallest absolute Gasteiger partial charge is 0.416 e. The van der Waals surface area contributed by atoms with Gasteiger partial charge < -0.3 is 9.84 Å². The minimum atomic E-state index is -4.74. The summed E-state index contributed by atoms with van der Waals surface area (Å²) in [4.78, 5) is 36.0. The van der Waals surface area contributed by atoms with Gasteiger partial charge in [0, 0.05) is 34.3 Å². The third kappa shape index (κ3) is 6.28. The molecule has 1 saturated heterocycles. The number of piperidine rings is 1. The monoisotopic (exact) mass is 681 g/mol. The molecule has 5 aromatic rings. The van der Waals surface area contributed by atoms with Crippen LogP contribution < -0.4 is 10.3 Å². The van der Waals surface area contributed by atoms with E-state index < -0.39 is 23.3 Å². The average Bonchev–Trinajstić information content (AvgIpc) is 3.48. The summed E-state index contributed by atoms with van der Waals surface area (Å²) in [5, 5.41) is 21.5. The topological polar surface area (TPSA) is 121 Å². The van der Waals surface area contributed by atoms with Crippen LogP contribution in [0.3, 0.4) is 0 Å². The van der Waals surface area contributed by atoms with Gasteiger partial charge in [-0.15, -0.1) is 11.3 Å². The maximum Gasteiger partial charge on any atom is 0.416 e. The summed E-state index contributed by atoms with van der Waals surface area (Å²) in [7, 11) is 0. The number of hydrogen-bond donors (Lipinski definition) is 1. The van der Waals surface area contributed by atoms with Gasteiger partial charge in [-0.3, -0.25) is 19.2 Å². The minimum Gasteiger partial charge on any atom is -0.491 e. The van der Waals surface area contributed by atoms with E-state index in [-0.39, 0.29) is 53.1 Å². The van der Waals surface area contributed by atoms with Crippen molar-refractivity contribution in [2.75, 3.05) is 19.7 Å². The number of benzene rings is 2. The lowest BCUT2D eigenvalue weighted by atomic mass is 9.95. The number of likely N-dealkylation sites (tertiary alicyclic amines) is 1. The number of nitriles is 1. The van der Waals surface area contributed by atoms with E-state index in [1.807, 2.05) is 11.0 Å². The molecular weight excluding hydrogens is 655 g/mol. The molecule has 1 N–H and O–H groups in total. The van der Waals surface area contributed by atoms with Crippen molar-refractivity contribution in [2.45, 2.75) is 45.5 Å². The van der Waals surface area contributed by atoms with E-state index in [2.05, 4.69) is 9.97 Å². The van der Waals surface area contributed by atoms with E-state index in [0.29, 0.717) is 45.2 Å². The minimum absolute atomic E-state index is 0.0169. The van der Waals surface area contributed by atoms with Gasteiger partial charge in [0.15, 0.2) is 0 Å². The van der Waals surface area contributed by atoms with Crippen molar-refractivity contribution in [1.82, 2.24) is 19.4 Å². The first-order chi connectivity index (χ1) is 22.5. The van der Waals surface area contributed by atoms with Crippen LogP contribution in [0.5, 0.6) is 5.75 Å². The van der Waals surface area contributed by atoms with Crippen LogP contribution in [0.25, 0.3) is 32.2 Å². The second-order valence-corrected chi connectivity index (χ2v) is 12.5. The second kappa shape index (κ2) is 12.9. The van der Waals surface area contributed by atoms with Gasteiger partial charge in [0.2, 0.25) is 0 Å². The number of nitrogens with zero attached hydrogens (tertiary/aromatic N) is 5. The molecular formula is C33H27ClF3N5O4S. The molecule has 0 aliphatic carbocycles. The van der Waals surface area contributed by atoms with Crippen molar-refractivity contribution in [1.29, 1.82) is 5.26 Å². The highest BCUT2D eigenvalue weighted by molar-refractivity contribution is 7.18. The summed E-state index contributed by atoms with van der Waals surface area (Å²) in [5.74, 6) is -0.525. The van der Waals surface area contributed by atoms with E-state index >= 15 is 0 Å². The Labute approximate surface area is 275 Å². The van der Waals surface area contributed by atoms with Gasteiger partial charge in [-0.2, -0.15) is 18.4 Å². The van der Waals surface area contributed by atoms with Gasteiger partial charge in [0.05, 0.1) is 44.4 Å². The molecule has 9 nitrogen and oxygen atoms in total. The standard InChI is InChI=1S/C33H27ClF3N5O4S/c1-18-40-26-14-25(33(35,36)37)23(16-41-9-3-2-4-10-41)22(15-38)28(26)31(43)42(18)11-12-46-27-6-5-19(34)13-21(27)20-7-8-39-29-24(32(44)45)17-47-30(20)29/h5-8,13-14,17H,2-4,9-12,16H2,1H3,(H,44,45). The van der Waals surface area contributed by atoms with Crippen molar-refractivity contribution in [2.24, 2.45) is 0 Å². The maximum atomic E-state index is 14.3. The average molecular weight is 682 g/mol. The third-order valence-corrected chi connectivity index (χ3v) is 9.52. The molecule has 1 aliphatic rings. The Kier molecular flexibility index (Phi) is 8.93. The van der Waals surface area contributed by atoms with Crippen molar-refractivity contribution < 1.29 is 27.8 Å². The van der Waals surface area contributed by atoms with Crippen LogP contribution in [-0.2, 0) is 19.3 Å². The lowest BCUT2D eigenvalue weighted by Gasteiger charge is -2.28. The van der Waals surface area contributed by atoms with Gasteiger partial charge in [-0.05, 0) is 68.8 Å². The number of carboxylic acids is 1. The summed E-state index contributed by atoms with van der Waals surface area (Å²) in [6, 6.07) is 9.47. The number of alkyl halides is 3. The summed E-state index contributed by atoms with van der Waals surface area (Å²) in [6.07, 6.45) is -0.545. The predicted molar refractivity (Wildman–Crippen MR) is 172 cm³/mol. The van der Waals surface area contributed by atoms with Crippen molar-refractivity contribution >= 4 is 50.0 Å². The SMILES string of the molecule is Cc1nc2cc(C(F)(F)F)c(CN3CCCCC3)c(C#N)c2c(=O)n1CCOc1ccc(Cl)cc1-c1ccnc2c(C(=O)O)csc12. The fraction of sp³-hybridized carbons (Fsp3) is 0.303. The molecule has 47 heavy (non-hydrogen) atoms. The number of ether oxygens (including phenoxy) is 1. The quantitative estimate of drug-likeness (QED) is 0.181. The molecule has 0 spiro atoms. The van der Waals surface area contributed by atoms with E-state index in [1.54, 1.807) is 24.3 Å². The molecule has 0 radical (unpaired) electrons. The van der Waals surface area contributed by atoms with Gasteiger partial charge in [0.1, 0.15) is 24.3 Å². The molecule has 0 bridgehead atoms. The van der Waals surface area contributed by atoms with Crippen molar-refractivity contribution in [3.05, 3.63) is 85.4 Å². The number of rotatable bonds is 8. The van der Waals surface area contributed by atoms with E-state index in [4.69, 9.17) is 16.3 Å². The van der Waals surface area contributed by atoms with Crippen LogP contribution in [0.1, 0.15) is 52.1 Å². The highest BCUT2D eigenvalue weighted by Crippen LogP contribution is 2.40. The Morgan fingerprint density at radius 3 is 2.64 bits per heavy atom. The van der Waals surface area contributed by atoms with Crippen LogP contribution in [0.4, 0.5) is 13.2 Å². The lowest BCUT2D eigenvalue weighted by Crippen LogP contribution is -2.32. The Balaban J connectivity index is 1.36. The predicted octanol–water partition coefficient (Wildman–Crippen LogP) is 7.29. The maximum absolute atomic E-state index is 14.3. The molecule has 0 amide bonds. The summed E-state index contributed by atoms with van der Waals surface area (Å²) >= 11 is 7.55. The first kappa shape index (κ1) is 32.4. The number of hydrogen-bond acceptors (Lipinski definition) is 8. The summed E-state index contributed by atoms with van der Waals surface area (Å²) < 4.78 is 50.8. The first-order valence-corrected chi connectivity index (χ1v) is 16.0. The normalized spacial score (nSPS) is 14.0. The molecule has 0 saturated carbocycles. The molecule has 14 heteroatoms. The number of halogens is 4. The van der Waals surface area contributed by atoms with Gasteiger partial charge >= 0.3 is 12.1 Å². The first-order valence-electron chi connectivity index (χ1n) is 14.8. The number of aromatic carboxylic acids is 1. The number of aromatic nitrogens is 3. The summed E-state index contributed by atoms with van der Waals surface area (Å²) in [5.41, 5.74) is -0.654. The number of pyridine rings is 1. The lowest BCUT2D eigenvalue weighted by molar-refractivity contribution is -0.138. The largest absolute Gasteiger partial charge is 0.491 e. The Morgan fingerprint density at radius 1 is 1.17 bits per heavy atom. The van der Waals surface area contributed by atoms with E-state index in [9.17, 15) is 33.1 Å². The molecule has 3 aromatic heterocycles. The van der Waals surface area contributed by atoms with Crippen LogP contribution in [0.2, 0.25) is 5.02 Å². The molecule has 1 fully saturated rings. The fourth-order valence-corrected chi connectivity index (χ4v) is 7.26. The molecule has 2 aromatic carbocycles. The zero-order valence-electron chi connectivity index (χ0n) is 25.0. The molecule has 6 rings (SSSR count). The van der Waals surface area contributed by atoms with Gasteiger partial charge in [0.25, 0.3) is 5.56 Å². The van der Waals surface area contributed by atoms with Crippen LogP contribution in [-0.4, -0.2) is 50.2 Å². The zero-order valence-corrected chi connectivity index (χ0v) is 26.6. The molecule has 1 aliphatic heterocycles. The Hall–Kier alpha value is -4.51. The van der Waals surface area contributed by atoms with Gasteiger partial charge in [-0.25, -0.2) is 9.78 Å². The highest BCUT2D eigenvalue weighted by atomic mass is 35.5. The molecule has 242 valence electrons. The van der Waals surface area contributed by atoms with E-state index in [1.165, 1.54) is 34.4 Å². The second-order valence-electron chi connectivity index (χ2n) is 11.2. The number of fused-ring (bicyclic) bond motifs is 2. The summed E-state index contributed by atoms with van der Waals surface area (Å²) in [6.45, 7) is 2.59. The van der Waals surface area contributed by atoms with Crippen molar-refractivity contribution in [3.63, 3.8) is 0 Å². The Morgan fingerprint density at radius 2 is 1.94 bits per heavy atom. The molecule has 0 unspecified atom stereocenters. The van der Waals surface area contributed by atoms with Crippen LogP contribution in [0.15, 0.2) is 46.7 Å². The fourth-order valence-electron chi connectivity index (χ4n) is 6.06. The number of carboxylic acid groups (broad SMARTS) is 1. The van der Waals surface area contributed by atoms with Gasteiger partial charge in [-0.1, -0.05) is 18.0 Å². The molecule has 0 atom stereocenters. The third-order valence-electron chi connectivity index (χ3n) is 8.28. The van der Waals surface area contributed by atoms with Crippen LogP contribution in [0, 0.1) is 18.3 Å². The Bertz CT molecular complexity index is 2130. The number of carbonyl (C=O) groups is 1. The zero-order chi connectivity index (χ0) is 33.5. The molecule has 4 heterocycles. The highest BCUT2D eigenvalue weighted by Gasteiger charge is 2.37. The number of thiophene rings is 1.